The van der Waals surface area contributed by atoms with Crippen molar-refractivity contribution in [3.63, 3.8) is 0 Å². The van der Waals surface area contributed by atoms with Gasteiger partial charge < -0.3 is 0 Å². The summed E-state index contributed by atoms with van der Waals surface area (Å²) >= 11 is 0. The lowest BCUT2D eigenvalue weighted by Crippen LogP contribution is -2.39. The number of hydrogen-bond donors (Lipinski definition) is 1. The van der Waals surface area contributed by atoms with E-state index in [1.807, 2.05) is 16.9 Å². The van der Waals surface area contributed by atoms with E-state index in [-0.39, 0.29) is 6.04 Å². The first-order chi connectivity index (χ1) is 11.8. The molecule has 1 N–H and O–H groups in total. The van der Waals surface area contributed by atoms with Gasteiger partial charge in [0, 0.05) is 32.4 Å². The summed E-state index contributed by atoms with van der Waals surface area (Å²) in [5.74, 6) is 0. The normalized spacial score (nSPS) is 18.3. The van der Waals surface area contributed by atoms with Crippen molar-refractivity contribution in [1.29, 1.82) is 0 Å². The Labute approximate surface area is 149 Å². The Balaban J connectivity index is 1.72. The Hall–Kier alpha value is -1.70. The predicted molar refractivity (Wildman–Crippen MR) is 98.8 cm³/mol. The van der Waals surface area contributed by atoms with Crippen LogP contribution in [0, 0.1) is 13.8 Å². The Morgan fingerprint density at radius 1 is 1.28 bits per heavy atom. The number of sulfonamides is 1. The number of hydrogen-bond acceptors (Lipinski definition) is 4. The molecule has 0 unspecified atom stereocenters. The zero-order valence-corrected chi connectivity index (χ0v) is 15.9. The van der Waals surface area contributed by atoms with Crippen molar-refractivity contribution in [1.82, 2.24) is 19.4 Å². The summed E-state index contributed by atoms with van der Waals surface area (Å²) in [6, 6.07) is 8.79. The zero-order valence-electron chi connectivity index (χ0n) is 15.1. The summed E-state index contributed by atoms with van der Waals surface area (Å²) in [5.41, 5.74) is 5.11. The Morgan fingerprint density at radius 3 is 2.84 bits per heavy atom. The van der Waals surface area contributed by atoms with Gasteiger partial charge in [-0.1, -0.05) is 23.8 Å². The van der Waals surface area contributed by atoms with Crippen molar-refractivity contribution >= 4 is 10.0 Å². The van der Waals surface area contributed by atoms with E-state index in [4.69, 9.17) is 0 Å². The van der Waals surface area contributed by atoms with Crippen molar-refractivity contribution in [2.75, 3.05) is 19.3 Å². The van der Waals surface area contributed by atoms with Gasteiger partial charge >= 0.3 is 0 Å². The summed E-state index contributed by atoms with van der Waals surface area (Å²) in [4.78, 5) is 2.42. The van der Waals surface area contributed by atoms with Crippen LogP contribution in [0.15, 0.2) is 30.5 Å². The molecule has 6 nitrogen and oxygen atoms in total. The van der Waals surface area contributed by atoms with Gasteiger partial charge in [0.1, 0.15) is 0 Å². The Morgan fingerprint density at radius 2 is 2.08 bits per heavy atom. The van der Waals surface area contributed by atoms with E-state index in [2.05, 4.69) is 46.8 Å². The van der Waals surface area contributed by atoms with Crippen LogP contribution >= 0.6 is 0 Å². The maximum atomic E-state index is 11.3. The van der Waals surface area contributed by atoms with Crippen LogP contribution in [0.2, 0.25) is 0 Å². The maximum absolute atomic E-state index is 11.3. The number of fused-ring (bicyclic) bond motifs is 1. The van der Waals surface area contributed by atoms with E-state index >= 15 is 0 Å². The Kier molecular flexibility index (Phi) is 5.27. The van der Waals surface area contributed by atoms with Crippen molar-refractivity contribution in [2.45, 2.75) is 39.4 Å². The molecular formula is C18H26N4O2S. The number of nitrogens with one attached hydrogen (secondary N) is 1. The number of aryl methyl sites for hydroxylation is 2. The molecule has 2 heterocycles. The van der Waals surface area contributed by atoms with Gasteiger partial charge in [-0.25, -0.2) is 13.1 Å². The maximum Gasteiger partial charge on any atom is 0.208 e. The van der Waals surface area contributed by atoms with Crippen molar-refractivity contribution in [2.24, 2.45) is 0 Å². The lowest BCUT2D eigenvalue weighted by Gasteiger charge is -2.34. The highest BCUT2D eigenvalue weighted by Crippen LogP contribution is 2.25. The zero-order chi connectivity index (χ0) is 18.0. The van der Waals surface area contributed by atoms with Crippen LogP contribution in [-0.4, -0.2) is 42.4 Å². The van der Waals surface area contributed by atoms with E-state index in [1.165, 1.54) is 28.6 Å². The molecule has 1 aliphatic heterocycles. The number of benzene rings is 1. The van der Waals surface area contributed by atoms with Crippen LogP contribution in [-0.2, 0) is 23.1 Å². The highest BCUT2D eigenvalue weighted by molar-refractivity contribution is 7.88. The summed E-state index contributed by atoms with van der Waals surface area (Å²) < 4.78 is 27.2. The van der Waals surface area contributed by atoms with Crippen LogP contribution < -0.4 is 4.72 Å². The van der Waals surface area contributed by atoms with Gasteiger partial charge in [0.05, 0.1) is 18.0 Å². The molecule has 136 valence electrons. The van der Waals surface area contributed by atoms with Gasteiger partial charge in [0.25, 0.3) is 0 Å². The molecule has 0 radical (unpaired) electrons. The van der Waals surface area contributed by atoms with Crippen LogP contribution in [0.5, 0.6) is 0 Å². The molecule has 0 saturated heterocycles. The van der Waals surface area contributed by atoms with Crippen molar-refractivity contribution in [3.05, 3.63) is 52.8 Å². The quantitative estimate of drug-likeness (QED) is 0.853. The molecule has 3 rings (SSSR count). The topological polar surface area (TPSA) is 67.2 Å². The molecule has 0 fully saturated rings. The van der Waals surface area contributed by atoms with E-state index in [1.54, 1.807) is 0 Å². The molecule has 0 amide bonds. The third kappa shape index (κ3) is 4.68. The molecule has 1 aliphatic rings. The molecule has 7 heteroatoms. The number of aromatic nitrogens is 2. The molecule has 0 saturated carbocycles. The second kappa shape index (κ2) is 7.27. The fourth-order valence-corrected chi connectivity index (χ4v) is 3.91. The van der Waals surface area contributed by atoms with Crippen LogP contribution in [0.1, 0.15) is 34.8 Å². The molecule has 0 aliphatic carbocycles. The van der Waals surface area contributed by atoms with Crippen LogP contribution in [0.4, 0.5) is 0 Å². The lowest BCUT2D eigenvalue weighted by atomic mass is 10.0. The highest BCUT2D eigenvalue weighted by Gasteiger charge is 2.25. The third-order valence-electron chi connectivity index (χ3n) is 4.69. The largest absolute Gasteiger partial charge is 0.291 e. The van der Waals surface area contributed by atoms with Crippen LogP contribution in [0.25, 0.3) is 0 Å². The third-order valence-corrected chi connectivity index (χ3v) is 5.42. The molecule has 25 heavy (non-hydrogen) atoms. The molecule has 0 spiro atoms. The van der Waals surface area contributed by atoms with E-state index < -0.39 is 10.0 Å². The van der Waals surface area contributed by atoms with Crippen molar-refractivity contribution < 1.29 is 8.42 Å². The second-order valence-corrected chi connectivity index (χ2v) is 8.81. The highest BCUT2D eigenvalue weighted by atomic mass is 32.2. The predicted octanol–water partition coefficient (Wildman–Crippen LogP) is 2.00. The first-order valence-corrected chi connectivity index (χ1v) is 10.5. The standard InChI is InChI=1S/C18H26N4O2S/c1-14-4-5-15(2)16(10-14)11-21-12-17-6-8-19-22(17)18(13-21)7-9-20-25(3,23)24/h4-6,8,10,18,20H,7,9,11-13H2,1-3H3/t18-/m0/s1. The molecular weight excluding hydrogens is 336 g/mol. The number of nitrogens with zero attached hydrogens (tertiary/aromatic N) is 3. The van der Waals surface area contributed by atoms with E-state index in [0.717, 1.165) is 26.1 Å². The molecule has 2 aromatic rings. The van der Waals surface area contributed by atoms with Crippen molar-refractivity contribution in [3.8, 4) is 0 Å². The fraction of sp³-hybridized carbons (Fsp3) is 0.500. The first-order valence-electron chi connectivity index (χ1n) is 8.57. The molecule has 1 atom stereocenters. The van der Waals surface area contributed by atoms with Gasteiger partial charge in [-0.15, -0.1) is 0 Å². The van der Waals surface area contributed by atoms with Gasteiger partial charge in [-0.05, 0) is 37.5 Å². The SMILES string of the molecule is Cc1ccc(C)c(CN2Cc3ccnn3[C@@H](CCNS(C)(=O)=O)C2)c1. The fourth-order valence-electron chi connectivity index (χ4n) is 3.42. The smallest absolute Gasteiger partial charge is 0.208 e. The number of rotatable bonds is 6. The van der Waals surface area contributed by atoms with E-state index in [0.29, 0.717) is 6.54 Å². The summed E-state index contributed by atoms with van der Waals surface area (Å²) in [7, 11) is -3.15. The summed E-state index contributed by atoms with van der Waals surface area (Å²) in [6.07, 6.45) is 3.75. The van der Waals surface area contributed by atoms with Gasteiger partial charge in [0.2, 0.25) is 10.0 Å². The minimum Gasteiger partial charge on any atom is -0.291 e. The first kappa shape index (κ1) is 18.1. The minimum absolute atomic E-state index is 0.179. The van der Waals surface area contributed by atoms with Gasteiger partial charge in [0.15, 0.2) is 0 Å². The van der Waals surface area contributed by atoms with Gasteiger partial charge in [-0.3, -0.25) is 9.58 Å². The second-order valence-electron chi connectivity index (χ2n) is 6.98. The van der Waals surface area contributed by atoms with Crippen LogP contribution in [0.3, 0.4) is 0 Å². The molecule has 0 bridgehead atoms. The summed E-state index contributed by atoms with van der Waals surface area (Å²) in [6.45, 7) is 7.33. The molecule has 1 aromatic heterocycles. The Bertz CT molecular complexity index is 845. The molecule has 1 aromatic carbocycles. The summed E-state index contributed by atoms with van der Waals surface area (Å²) in [5, 5.41) is 4.44. The minimum atomic E-state index is -3.15. The average Bonchev–Trinajstić information content (AvgIpc) is 2.98. The monoisotopic (exact) mass is 362 g/mol. The average molecular weight is 362 g/mol. The lowest BCUT2D eigenvalue weighted by molar-refractivity contribution is 0.162. The van der Waals surface area contributed by atoms with E-state index in [9.17, 15) is 8.42 Å². The van der Waals surface area contributed by atoms with Gasteiger partial charge in [-0.2, -0.15) is 5.10 Å².